The maximum Gasteiger partial charge on any atom is 0.254 e. The highest BCUT2D eigenvalue weighted by molar-refractivity contribution is 6.07. The van der Waals surface area contributed by atoms with E-state index in [9.17, 15) is 9.59 Å². The number of aryl methyl sites for hydroxylation is 1. The number of hydrogen-bond donors (Lipinski definition) is 0. The topological polar surface area (TPSA) is 71.3 Å². The first-order valence-corrected chi connectivity index (χ1v) is 13.2. The molecule has 0 saturated carbocycles. The molecule has 7 heteroatoms. The zero-order valence-electron chi connectivity index (χ0n) is 20.2. The fraction of sp³-hybridized carbons (Fsp3) is 0.500. The van der Waals surface area contributed by atoms with E-state index in [1.165, 1.54) is 12.8 Å². The van der Waals surface area contributed by atoms with Crippen LogP contribution in [0.3, 0.4) is 0 Å². The summed E-state index contributed by atoms with van der Waals surface area (Å²) in [6.45, 7) is 3.00. The molecular formula is C28H33N5O2. The molecule has 6 rings (SSSR count). The fourth-order valence-corrected chi connectivity index (χ4v) is 6.20. The Morgan fingerprint density at radius 2 is 1.63 bits per heavy atom. The van der Waals surface area contributed by atoms with Gasteiger partial charge >= 0.3 is 0 Å². The van der Waals surface area contributed by atoms with E-state index >= 15 is 0 Å². The lowest BCUT2D eigenvalue weighted by Gasteiger charge is -2.35. The minimum Gasteiger partial charge on any atom is -0.339 e. The highest BCUT2D eigenvalue weighted by Gasteiger charge is 2.38. The number of amides is 2. The Bertz CT molecular complexity index is 1240. The van der Waals surface area contributed by atoms with Gasteiger partial charge in [-0.05, 0) is 55.4 Å². The average molecular weight is 472 g/mol. The summed E-state index contributed by atoms with van der Waals surface area (Å²) in [5.74, 6) is 2.33. The van der Waals surface area contributed by atoms with Crippen LogP contribution in [-0.2, 0) is 17.8 Å². The molecule has 0 bridgehead atoms. The minimum atomic E-state index is -0.0290. The van der Waals surface area contributed by atoms with E-state index in [0.717, 1.165) is 79.6 Å². The van der Waals surface area contributed by atoms with Gasteiger partial charge in [0, 0.05) is 44.1 Å². The minimum absolute atomic E-state index is 0.0290. The smallest absolute Gasteiger partial charge is 0.254 e. The molecule has 1 atom stereocenters. The summed E-state index contributed by atoms with van der Waals surface area (Å²) in [5.41, 5.74) is 0.750. The Morgan fingerprint density at radius 3 is 2.51 bits per heavy atom. The Kier molecular flexibility index (Phi) is 6.00. The Morgan fingerprint density at radius 1 is 0.800 bits per heavy atom. The first-order chi connectivity index (χ1) is 17.2. The van der Waals surface area contributed by atoms with Crippen molar-refractivity contribution in [3.63, 3.8) is 0 Å². The van der Waals surface area contributed by atoms with Gasteiger partial charge in [-0.3, -0.25) is 9.59 Å². The van der Waals surface area contributed by atoms with Gasteiger partial charge in [-0.15, -0.1) is 10.2 Å². The van der Waals surface area contributed by atoms with Crippen molar-refractivity contribution in [3.8, 4) is 0 Å². The maximum absolute atomic E-state index is 13.6. The van der Waals surface area contributed by atoms with Crippen molar-refractivity contribution in [2.24, 2.45) is 5.92 Å². The molecule has 2 amide bonds. The van der Waals surface area contributed by atoms with Crippen LogP contribution >= 0.6 is 0 Å². The predicted octanol–water partition coefficient (Wildman–Crippen LogP) is 4.37. The van der Waals surface area contributed by atoms with Crippen LogP contribution in [0.1, 0.15) is 73.0 Å². The highest BCUT2D eigenvalue weighted by atomic mass is 16.2. The Labute approximate surface area is 206 Å². The van der Waals surface area contributed by atoms with E-state index < -0.39 is 0 Å². The quantitative estimate of drug-likeness (QED) is 0.569. The molecule has 3 aromatic rings. The second-order valence-electron chi connectivity index (χ2n) is 10.2. The number of hydrogen-bond acceptors (Lipinski definition) is 4. The molecule has 2 saturated heterocycles. The van der Waals surface area contributed by atoms with Crippen molar-refractivity contribution in [2.45, 2.75) is 64.0 Å². The molecule has 1 unspecified atom stereocenters. The number of benzene rings is 2. The second-order valence-corrected chi connectivity index (χ2v) is 10.2. The van der Waals surface area contributed by atoms with Crippen molar-refractivity contribution in [3.05, 3.63) is 59.7 Å². The van der Waals surface area contributed by atoms with E-state index in [0.29, 0.717) is 13.1 Å². The third-order valence-corrected chi connectivity index (χ3v) is 8.12. The molecule has 182 valence electrons. The first-order valence-electron chi connectivity index (χ1n) is 13.2. The number of likely N-dealkylation sites (tertiary alicyclic amines) is 2. The molecule has 4 heterocycles. The Balaban J connectivity index is 1.14. The van der Waals surface area contributed by atoms with E-state index in [4.69, 9.17) is 0 Å². The molecule has 2 fully saturated rings. The molecule has 3 aliphatic rings. The zero-order valence-corrected chi connectivity index (χ0v) is 20.2. The van der Waals surface area contributed by atoms with Gasteiger partial charge in [-0.25, -0.2) is 0 Å². The summed E-state index contributed by atoms with van der Waals surface area (Å²) in [4.78, 5) is 30.9. The summed E-state index contributed by atoms with van der Waals surface area (Å²) >= 11 is 0. The summed E-state index contributed by atoms with van der Waals surface area (Å²) < 4.78 is 2.29. The monoisotopic (exact) mass is 471 g/mol. The molecule has 1 aromatic heterocycles. The average Bonchev–Trinajstić information content (AvgIpc) is 3.48. The molecule has 0 N–H and O–H groups in total. The van der Waals surface area contributed by atoms with Crippen LogP contribution in [0.25, 0.3) is 10.8 Å². The summed E-state index contributed by atoms with van der Waals surface area (Å²) in [5, 5.41) is 11.1. The molecule has 0 aliphatic carbocycles. The van der Waals surface area contributed by atoms with E-state index in [-0.39, 0.29) is 23.8 Å². The number of fused-ring (bicyclic) bond motifs is 2. The summed E-state index contributed by atoms with van der Waals surface area (Å²) in [6, 6.07) is 14.0. The van der Waals surface area contributed by atoms with Gasteiger partial charge in [0.2, 0.25) is 5.91 Å². The normalized spacial score (nSPS) is 21.2. The Hall–Kier alpha value is -3.22. The maximum atomic E-state index is 13.6. The molecule has 0 radical (unpaired) electrons. The molecule has 7 nitrogen and oxygen atoms in total. The third kappa shape index (κ3) is 4.11. The standard InChI is InChI=1S/C28H33N5O2/c34-27(32-17-7-12-24(32)26-30-29-25-13-2-1-5-16-33(25)26)21-14-18-31(19-15-21)28(35)23-11-6-9-20-8-3-4-10-22(20)23/h3-4,6,8-11,21,24H,1-2,5,7,12-19H2. The zero-order chi connectivity index (χ0) is 23.8. The largest absolute Gasteiger partial charge is 0.339 e. The van der Waals surface area contributed by atoms with Crippen LogP contribution in [0.15, 0.2) is 42.5 Å². The lowest BCUT2D eigenvalue weighted by atomic mass is 9.94. The predicted molar refractivity (Wildman–Crippen MR) is 134 cm³/mol. The molecular weight excluding hydrogens is 438 g/mol. The summed E-state index contributed by atoms with van der Waals surface area (Å²) in [7, 11) is 0. The van der Waals surface area contributed by atoms with Crippen LogP contribution in [0.5, 0.6) is 0 Å². The van der Waals surface area contributed by atoms with Crippen LogP contribution in [-0.4, -0.2) is 56.0 Å². The van der Waals surface area contributed by atoms with Gasteiger partial charge in [-0.1, -0.05) is 42.8 Å². The molecule has 35 heavy (non-hydrogen) atoms. The van der Waals surface area contributed by atoms with Crippen LogP contribution in [0.4, 0.5) is 0 Å². The van der Waals surface area contributed by atoms with E-state index in [1.807, 2.05) is 47.4 Å². The summed E-state index contributed by atoms with van der Waals surface area (Å²) in [6.07, 6.45) is 7.94. The lowest BCUT2D eigenvalue weighted by molar-refractivity contribution is -0.138. The number of carbonyl (C=O) groups is 2. The number of carbonyl (C=O) groups excluding carboxylic acids is 2. The van der Waals surface area contributed by atoms with Crippen molar-refractivity contribution in [1.29, 1.82) is 0 Å². The number of aromatic nitrogens is 3. The first kappa shape index (κ1) is 22.3. The van der Waals surface area contributed by atoms with Crippen molar-refractivity contribution in [1.82, 2.24) is 24.6 Å². The van der Waals surface area contributed by atoms with Crippen LogP contribution in [0.2, 0.25) is 0 Å². The molecule has 2 aromatic carbocycles. The van der Waals surface area contributed by atoms with Gasteiger partial charge in [0.25, 0.3) is 5.91 Å². The number of nitrogens with zero attached hydrogens (tertiary/aromatic N) is 5. The SMILES string of the molecule is O=C(c1cccc2ccccc12)N1CCC(C(=O)N2CCCC2c2nnc3n2CCCCC3)CC1. The van der Waals surface area contributed by atoms with Crippen LogP contribution < -0.4 is 0 Å². The van der Waals surface area contributed by atoms with E-state index in [1.54, 1.807) is 0 Å². The number of rotatable bonds is 3. The highest BCUT2D eigenvalue weighted by Crippen LogP contribution is 2.35. The van der Waals surface area contributed by atoms with Gasteiger partial charge in [0.05, 0.1) is 6.04 Å². The van der Waals surface area contributed by atoms with Gasteiger partial charge in [0.1, 0.15) is 5.82 Å². The van der Waals surface area contributed by atoms with Crippen molar-refractivity contribution in [2.75, 3.05) is 19.6 Å². The second kappa shape index (κ2) is 9.44. The van der Waals surface area contributed by atoms with Gasteiger partial charge < -0.3 is 14.4 Å². The molecule has 3 aliphatic heterocycles. The molecule has 0 spiro atoms. The van der Waals surface area contributed by atoms with Crippen molar-refractivity contribution < 1.29 is 9.59 Å². The number of piperidine rings is 1. The van der Waals surface area contributed by atoms with Crippen LogP contribution in [0, 0.1) is 5.92 Å². The lowest BCUT2D eigenvalue weighted by Crippen LogP contribution is -2.44. The van der Waals surface area contributed by atoms with Gasteiger partial charge in [-0.2, -0.15) is 0 Å². The van der Waals surface area contributed by atoms with Crippen molar-refractivity contribution >= 4 is 22.6 Å². The van der Waals surface area contributed by atoms with Gasteiger partial charge in [0.15, 0.2) is 5.82 Å². The third-order valence-electron chi connectivity index (χ3n) is 8.12. The fourth-order valence-electron chi connectivity index (χ4n) is 6.20. The van der Waals surface area contributed by atoms with E-state index in [2.05, 4.69) is 19.7 Å².